The monoisotopic (exact) mass is 404 g/mol. The van der Waals surface area contributed by atoms with Gasteiger partial charge in [-0.2, -0.15) is 0 Å². The van der Waals surface area contributed by atoms with E-state index < -0.39 is 10.0 Å². The Hall–Kier alpha value is -1.93. The molecule has 0 aromatic heterocycles. The summed E-state index contributed by atoms with van der Waals surface area (Å²) in [5, 5.41) is 0. The second kappa shape index (κ2) is 9.05. The van der Waals surface area contributed by atoms with E-state index in [-0.39, 0.29) is 10.9 Å². The van der Waals surface area contributed by atoms with Crippen molar-refractivity contribution in [2.45, 2.75) is 24.8 Å². The zero-order chi connectivity index (χ0) is 20.1. The largest absolute Gasteiger partial charge is 0.496 e. The van der Waals surface area contributed by atoms with Gasteiger partial charge in [0.25, 0.3) is 0 Å². The van der Waals surface area contributed by atoms with Crippen LogP contribution in [-0.2, 0) is 14.8 Å². The molecule has 0 aliphatic carbocycles. The molecule has 0 bridgehead atoms. The minimum absolute atomic E-state index is 0.0429. The molecule has 1 fully saturated rings. The fourth-order valence-corrected chi connectivity index (χ4v) is 4.55. The van der Waals surface area contributed by atoms with E-state index in [9.17, 15) is 8.42 Å². The van der Waals surface area contributed by atoms with Crippen LogP contribution < -0.4 is 9.46 Å². The molecule has 152 valence electrons. The van der Waals surface area contributed by atoms with E-state index in [4.69, 9.17) is 9.47 Å². The number of sulfonamides is 1. The number of nitrogens with zero attached hydrogens (tertiary/aromatic N) is 1. The van der Waals surface area contributed by atoms with Crippen molar-refractivity contribution < 1.29 is 17.9 Å². The van der Waals surface area contributed by atoms with Crippen molar-refractivity contribution in [2.75, 3.05) is 40.0 Å². The summed E-state index contributed by atoms with van der Waals surface area (Å²) in [6, 6.07) is 13.1. The summed E-state index contributed by atoms with van der Waals surface area (Å²) in [7, 11) is -2.05. The van der Waals surface area contributed by atoms with Crippen LogP contribution >= 0.6 is 0 Å². The number of methoxy groups -OCH3 is 1. The summed E-state index contributed by atoms with van der Waals surface area (Å²) >= 11 is 0. The first kappa shape index (κ1) is 20.8. The van der Waals surface area contributed by atoms with E-state index in [1.54, 1.807) is 25.3 Å². The molecule has 2 aromatic carbocycles. The van der Waals surface area contributed by atoms with E-state index in [2.05, 4.69) is 33.9 Å². The van der Waals surface area contributed by atoms with Gasteiger partial charge in [-0.3, -0.25) is 4.90 Å². The van der Waals surface area contributed by atoms with E-state index in [0.29, 0.717) is 25.5 Å². The van der Waals surface area contributed by atoms with E-state index in [1.807, 2.05) is 13.8 Å². The van der Waals surface area contributed by atoms with Crippen molar-refractivity contribution >= 4 is 10.0 Å². The number of benzene rings is 2. The first-order valence-corrected chi connectivity index (χ1v) is 10.9. The lowest BCUT2D eigenvalue weighted by Crippen LogP contribution is -2.43. The Morgan fingerprint density at radius 3 is 2.39 bits per heavy atom. The maximum absolute atomic E-state index is 12.9. The van der Waals surface area contributed by atoms with Crippen LogP contribution in [0.15, 0.2) is 47.4 Å². The Morgan fingerprint density at radius 1 is 1.11 bits per heavy atom. The second-order valence-corrected chi connectivity index (χ2v) is 8.83. The number of nitrogens with one attached hydrogen (secondary N) is 1. The third-order valence-corrected chi connectivity index (χ3v) is 6.51. The molecule has 0 spiro atoms. The van der Waals surface area contributed by atoms with Crippen LogP contribution in [-0.4, -0.2) is 53.3 Å². The Kier molecular flexibility index (Phi) is 6.72. The molecule has 1 heterocycles. The minimum Gasteiger partial charge on any atom is -0.496 e. The highest BCUT2D eigenvalue weighted by molar-refractivity contribution is 7.89. The van der Waals surface area contributed by atoms with Crippen LogP contribution in [0.1, 0.15) is 22.7 Å². The number of ether oxygens (including phenoxy) is 2. The van der Waals surface area contributed by atoms with Gasteiger partial charge in [-0.25, -0.2) is 13.1 Å². The molecule has 6 nitrogen and oxygen atoms in total. The van der Waals surface area contributed by atoms with Crippen molar-refractivity contribution in [1.82, 2.24) is 9.62 Å². The predicted molar refractivity (Wildman–Crippen MR) is 109 cm³/mol. The van der Waals surface area contributed by atoms with Crippen molar-refractivity contribution in [3.05, 3.63) is 59.2 Å². The van der Waals surface area contributed by atoms with Crippen LogP contribution in [0.5, 0.6) is 5.75 Å². The van der Waals surface area contributed by atoms with Gasteiger partial charge in [-0.15, -0.1) is 0 Å². The smallest absolute Gasteiger partial charge is 0.240 e. The molecule has 1 unspecified atom stereocenters. The zero-order valence-corrected chi connectivity index (χ0v) is 17.5. The highest BCUT2D eigenvalue weighted by Gasteiger charge is 2.25. The molecule has 28 heavy (non-hydrogen) atoms. The maximum atomic E-state index is 12.9. The van der Waals surface area contributed by atoms with Crippen LogP contribution in [0.25, 0.3) is 0 Å². The summed E-state index contributed by atoms with van der Waals surface area (Å²) in [4.78, 5) is 2.52. The lowest BCUT2D eigenvalue weighted by molar-refractivity contribution is 0.0172. The lowest BCUT2D eigenvalue weighted by atomic mass is 10.0. The van der Waals surface area contributed by atoms with Gasteiger partial charge in [-0.1, -0.05) is 29.8 Å². The lowest BCUT2D eigenvalue weighted by Gasteiger charge is -2.35. The summed E-state index contributed by atoms with van der Waals surface area (Å²) in [5.74, 6) is 0.671. The van der Waals surface area contributed by atoms with Gasteiger partial charge in [0.15, 0.2) is 0 Å². The topological polar surface area (TPSA) is 67.9 Å². The van der Waals surface area contributed by atoms with Gasteiger partial charge >= 0.3 is 0 Å². The minimum atomic E-state index is -3.62. The Labute approximate surface area is 167 Å². The van der Waals surface area contributed by atoms with Crippen molar-refractivity contribution in [2.24, 2.45) is 0 Å². The van der Waals surface area contributed by atoms with Crippen LogP contribution in [0.4, 0.5) is 0 Å². The van der Waals surface area contributed by atoms with Gasteiger partial charge in [0.05, 0.1) is 25.2 Å². The Morgan fingerprint density at radius 2 is 1.79 bits per heavy atom. The molecule has 0 amide bonds. The SMILES string of the molecule is COc1ccc(S(=O)(=O)NCC(c2ccc(C)cc2)N2CCOCC2)cc1C. The number of hydrogen-bond acceptors (Lipinski definition) is 5. The number of aryl methyl sites for hydroxylation is 2. The van der Waals surface area contributed by atoms with Crippen molar-refractivity contribution in [1.29, 1.82) is 0 Å². The van der Waals surface area contributed by atoms with Crippen LogP contribution in [0, 0.1) is 13.8 Å². The Balaban J connectivity index is 1.80. The zero-order valence-electron chi connectivity index (χ0n) is 16.6. The molecule has 1 saturated heterocycles. The fraction of sp³-hybridized carbons (Fsp3) is 0.429. The average Bonchev–Trinajstić information content (AvgIpc) is 2.70. The highest BCUT2D eigenvalue weighted by atomic mass is 32.2. The maximum Gasteiger partial charge on any atom is 0.240 e. The molecule has 0 saturated carbocycles. The van der Waals surface area contributed by atoms with E-state index in [0.717, 1.165) is 24.2 Å². The Bertz CT molecular complexity index is 891. The normalized spacial score (nSPS) is 16.7. The van der Waals surface area contributed by atoms with E-state index in [1.165, 1.54) is 5.56 Å². The van der Waals surface area contributed by atoms with Gasteiger partial charge in [0.1, 0.15) is 5.75 Å². The van der Waals surface area contributed by atoms with E-state index >= 15 is 0 Å². The van der Waals surface area contributed by atoms with Gasteiger partial charge in [0.2, 0.25) is 10.0 Å². The summed E-state index contributed by atoms with van der Waals surface area (Å²) in [5.41, 5.74) is 3.06. The summed E-state index contributed by atoms with van der Waals surface area (Å²) in [6.45, 7) is 7.06. The van der Waals surface area contributed by atoms with Crippen LogP contribution in [0.3, 0.4) is 0 Å². The summed E-state index contributed by atoms with van der Waals surface area (Å²) < 4.78 is 39.2. The molecule has 1 aliphatic rings. The third-order valence-electron chi connectivity index (χ3n) is 5.09. The molecule has 3 rings (SSSR count). The summed E-state index contributed by atoms with van der Waals surface area (Å²) in [6.07, 6.45) is 0. The molecule has 7 heteroatoms. The van der Waals surface area contributed by atoms with Crippen molar-refractivity contribution in [3.63, 3.8) is 0 Å². The third kappa shape index (κ3) is 4.91. The first-order valence-electron chi connectivity index (χ1n) is 9.43. The van der Waals surface area contributed by atoms with Crippen LogP contribution in [0.2, 0.25) is 0 Å². The first-order chi connectivity index (χ1) is 13.4. The van der Waals surface area contributed by atoms with Gasteiger partial charge < -0.3 is 9.47 Å². The standard InChI is InChI=1S/C21H28N2O4S/c1-16-4-6-18(7-5-16)20(23-10-12-27-13-11-23)15-22-28(24,25)19-8-9-21(26-3)17(2)14-19/h4-9,14,20,22H,10-13,15H2,1-3H3. The molecular formula is C21H28N2O4S. The quantitative estimate of drug-likeness (QED) is 0.768. The number of hydrogen-bond donors (Lipinski definition) is 1. The van der Waals surface area contributed by atoms with Gasteiger partial charge in [0, 0.05) is 25.7 Å². The van der Waals surface area contributed by atoms with Gasteiger partial charge in [-0.05, 0) is 43.2 Å². The second-order valence-electron chi connectivity index (χ2n) is 7.06. The number of morpholine rings is 1. The highest BCUT2D eigenvalue weighted by Crippen LogP contribution is 2.24. The molecular weight excluding hydrogens is 376 g/mol. The predicted octanol–water partition coefficient (Wildman–Crippen LogP) is 2.66. The number of rotatable bonds is 7. The fourth-order valence-electron chi connectivity index (χ4n) is 3.43. The molecule has 0 radical (unpaired) electrons. The van der Waals surface area contributed by atoms with Crippen molar-refractivity contribution in [3.8, 4) is 5.75 Å². The average molecular weight is 405 g/mol. The molecule has 1 N–H and O–H groups in total. The molecule has 2 aromatic rings. The molecule has 1 atom stereocenters. The molecule has 1 aliphatic heterocycles.